The van der Waals surface area contributed by atoms with E-state index in [1.807, 2.05) is 81.6 Å². The van der Waals surface area contributed by atoms with E-state index in [1.54, 1.807) is 20.3 Å². The number of ether oxygens (including phenoxy) is 4. The average molecular weight is 935 g/mol. The zero-order valence-corrected chi connectivity index (χ0v) is 44.4. The number of alkyl carbamates (subject to hydrolysis) is 1. The second-order valence-corrected chi connectivity index (χ2v) is 25.0. The molecule has 0 saturated carbocycles. The monoisotopic (exact) mass is 935 g/mol. The van der Waals surface area contributed by atoms with Crippen molar-refractivity contribution in [2.24, 2.45) is 23.7 Å². The molecule has 0 unspecified atom stereocenters. The highest BCUT2D eigenvalue weighted by Crippen LogP contribution is 2.39. The van der Waals surface area contributed by atoms with Crippen molar-refractivity contribution >= 4 is 31.5 Å². The quantitative estimate of drug-likeness (QED) is 0.0312. The molecule has 1 amide bonds. The van der Waals surface area contributed by atoms with Crippen molar-refractivity contribution < 1.29 is 38.1 Å². The van der Waals surface area contributed by atoms with E-state index < -0.39 is 38.6 Å². The van der Waals surface area contributed by atoms with Gasteiger partial charge in [0.05, 0.1) is 38.2 Å². The number of benzene rings is 1. The lowest BCUT2D eigenvalue weighted by molar-refractivity contribution is -0.120. The van der Waals surface area contributed by atoms with Crippen molar-refractivity contribution in [1.29, 1.82) is 0 Å². The summed E-state index contributed by atoms with van der Waals surface area (Å²) in [6.07, 6.45) is 14.9. The maximum atomic E-state index is 13.5. The van der Waals surface area contributed by atoms with Gasteiger partial charge in [0, 0.05) is 37.3 Å². The largest absolute Gasteiger partial charge is 0.497 e. The molecule has 0 radical (unpaired) electrons. The number of nitrogens with zero attached hydrogens (tertiary/aromatic N) is 1. The Morgan fingerprint density at radius 1 is 0.938 bits per heavy atom. The van der Waals surface area contributed by atoms with Crippen LogP contribution in [0.4, 0.5) is 4.79 Å². The van der Waals surface area contributed by atoms with E-state index in [1.165, 1.54) is 24.0 Å². The van der Waals surface area contributed by atoms with E-state index in [2.05, 4.69) is 97.0 Å². The normalized spacial score (nSPS) is 17.0. The van der Waals surface area contributed by atoms with Crippen LogP contribution >= 0.6 is 11.3 Å². The zero-order valence-electron chi connectivity index (χ0n) is 42.6. The SMILES string of the molecule is CNC(=O)O[C@@H](CC(C)C)c1nc([C@@H](O)[C@@H](C)/C=C/C=C(\C)[C@@H](OC)[C@@H](C)C(=O)/C=C/C(C)=C\C(C)=C/[C@H](C)[C@@H](/C=C(\C)CCOCc2ccc(OC)cc2)O[Si](C)(C)C(C)(C)C)cs1. The third kappa shape index (κ3) is 19.8. The molecule has 0 spiro atoms. The number of thiazole rings is 1. The number of rotatable bonds is 26. The molecule has 65 heavy (non-hydrogen) atoms. The fraction of sp³-hybridized carbons (Fsp3) is 0.566. The molecule has 2 rings (SSSR count). The van der Waals surface area contributed by atoms with Gasteiger partial charge in [-0.05, 0) is 93.9 Å². The highest BCUT2D eigenvalue weighted by molar-refractivity contribution is 7.09. The summed E-state index contributed by atoms with van der Waals surface area (Å²) in [5, 5.41) is 16.2. The number of aliphatic hydroxyl groups excluding tert-OH is 1. The Morgan fingerprint density at radius 3 is 2.18 bits per heavy atom. The predicted octanol–water partition coefficient (Wildman–Crippen LogP) is 13.0. The summed E-state index contributed by atoms with van der Waals surface area (Å²) >= 11 is 1.37. The fourth-order valence-electron chi connectivity index (χ4n) is 6.83. The van der Waals surface area contributed by atoms with E-state index in [-0.39, 0.29) is 34.7 Å². The second kappa shape index (κ2) is 27.7. The Hall–Kier alpha value is -3.91. The number of hydrogen-bond donors (Lipinski definition) is 2. The Morgan fingerprint density at radius 2 is 1.60 bits per heavy atom. The number of allylic oxidation sites excluding steroid dienone is 7. The van der Waals surface area contributed by atoms with E-state index in [9.17, 15) is 14.7 Å². The van der Waals surface area contributed by atoms with Gasteiger partial charge in [0.2, 0.25) is 0 Å². The van der Waals surface area contributed by atoms with E-state index in [0.717, 1.165) is 34.5 Å². The van der Waals surface area contributed by atoms with Crippen LogP contribution in [-0.2, 0) is 30.0 Å². The maximum absolute atomic E-state index is 13.5. The van der Waals surface area contributed by atoms with E-state index in [0.29, 0.717) is 30.3 Å². The molecule has 0 saturated heterocycles. The number of aliphatic hydroxyl groups is 1. The predicted molar refractivity (Wildman–Crippen MR) is 271 cm³/mol. The molecule has 2 aromatic rings. The molecule has 0 bridgehead atoms. The molecule has 0 aliphatic heterocycles. The minimum atomic E-state index is -2.09. The second-order valence-electron chi connectivity index (χ2n) is 19.3. The number of aromatic nitrogens is 1. The minimum Gasteiger partial charge on any atom is -0.497 e. The Bertz CT molecular complexity index is 1970. The summed E-state index contributed by atoms with van der Waals surface area (Å²) in [6, 6.07) is 7.96. The summed E-state index contributed by atoms with van der Waals surface area (Å²) in [4.78, 5) is 30.1. The molecule has 0 aliphatic carbocycles. The molecule has 362 valence electrons. The zero-order chi connectivity index (χ0) is 49.1. The smallest absolute Gasteiger partial charge is 0.407 e. The molecule has 0 aliphatic rings. The highest BCUT2D eigenvalue weighted by atomic mass is 32.1. The standard InChI is InChI=1S/C53H82N2O8SSi/c1-35(2)29-48(62-52(58)54-13)51-55-45(34-64-51)49(57)39(6)19-18-20-40(7)50(60-15)42(9)46(56)26-21-36(3)30-38(5)31-41(8)47(63-65(16,17)53(10,11)12)32-37(4)27-28-61-33-43-22-24-44(59-14)25-23-43/h18-26,30-32,34-35,39,41-42,47-50,57H,27-29,33H2,1-17H3,(H,54,58)/b19-18+,26-21+,36-30-,37-32+,38-31-,40-20+/t39-,41-,42-,47+,48-,49-,50+/m0/s1. The number of hydrogen-bond acceptors (Lipinski definition) is 10. The first-order chi connectivity index (χ1) is 30.4. The summed E-state index contributed by atoms with van der Waals surface area (Å²) in [5.74, 6) is 0.516. The molecule has 1 aromatic heterocycles. The first-order valence-electron chi connectivity index (χ1n) is 23.0. The first kappa shape index (κ1) is 57.2. The van der Waals surface area contributed by atoms with Crippen molar-refractivity contribution in [3.05, 3.63) is 117 Å². The molecule has 12 heteroatoms. The summed E-state index contributed by atoms with van der Waals surface area (Å²) in [6.45, 7) is 30.9. The maximum Gasteiger partial charge on any atom is 0.407 e. The van der Waals surface area contributed by atoms with Gasteiger partial charge < -0.3 is 33.8 Å². The summed E-state index contributed by atoms with van der Waals surface area (Å²) < 4.78 is 29.7. The topological polar surface area (TPSA) is 125 Å². The fourth-order valence-corrected chi connectivity index (χ4v) is 9.04. The van der Waals surface area contributed by atoms with Crippen molar-refractivity contribution in [2.45, 2.75) is 145 Å². The van der Waals surface area contributed by atoms with Crippen LogP contribution in [0.15, 0.2) is 101 Å². The van der Waals surface area contributed by atoms with Gasteiger partial charge in [0.25, 0.3) is 0 Å². The number of carbonyl (C=O) groups is 2. The minimum absolute atomic E-state index is 0.0351. The molecule has 7 atom stereocenters. The molecule has 10 nitrogen and oxygen atoms in total. The van der Waals surface area contributed by atoms with Crippen molar-refractivity contribution in [3.8, 4) is 5.75 Å². The van der Waals surface area contributed by atoms with E-state index in [4.69, 9.17) is 23.4 Å². The van der Waals surface area contributed by atoms with Crippen LogP contribution in [-0.4, -0.2) is 70.4 Å². The van der Waals surface area contributed by atoms with Crippen LogP contribution in [0.25, 0.3) is 0 Å². The first-order valence-corrected chi connectivity index (χ1v) is 26.8. The molecule has 1 aromatic carbocycles. The van der Waals surface area contributed by atoms with Crippen LogP contribution < -0.4 is 10.1 Å². The van der Waals surface area contributed by atoms with Crippen LogP contribution in [0.1, 0.15) is 124 Å². The van der Waals surface area contributed by atoms with Gasteiger partial charge in [-0.25, -0.2) is 9.78 Å². The third-order valence-corrected chi connectivity index (χ3v) is 17.3. The highest BCUT2D eigenvalue weighted by Gasteiger charge is 2.39. The van der Waals surface area contributed by atoms with Crippen molar-refractivity contribution in [2.75, 3.05) is 27.9 Å². The van der Waals surface area contributed by atoms with Gasteiger partial charge in [0.15, 0.2) is 20.2 Å². The van der Waals surface area contributed by atoms with Gasteiger partial charge in [-0.1, -0.05) is 127 Å². The molecular weight excluding hydrogens is 853 g/mol. The molecular formula is C53H82N2O8SSi. The molecule has 1 heterocycles. The van der Waals surface area contributed by atoms with E-state index >= 15 is 0 Å². The lowest BCUT2D eigenvalue weighted by Gasteiger charge is -2.40. The van der Waals surface area contributed by atoms with Crippen LogP contribution in [0.2, 0.25) is 18.1 Å². The Labute approximate surface area is 397 Å². The van der Waals surface area contributed by atoms with Gasteiger partial charge >= 0.3 is 6.09 Å². The van der Waals surface area contributed by atoms with Crippen LogP contribution in [0.3, 0.4) is 0 Å². The lowest BCUT2D eigenvalue weighted by Crippen LogP contribution is -2.45. The Kier molecular flexibility index (Phi) is 24.3. The van der Waals surface area contributed by atoms with Crippen molar-refractivity contribution in [1.82, 2.24) is 10.3 Å². The number of methoxy groups -OCH3 is 2. The average Bonchev–Trinajstić information content (AvgIpc) is 3.73. The summed E-state index contributed by atoms with van der Waals surface area (Å²) in [7, 11) is 2.71. The van der Waals surface area contributed by atoms with Crippen LogP contribution in [0, 0.1) is 23.7 Å². The van der Waals surface area contributed by atoms with Crippen molar-refractivity contribution in [3.63, 3.8) is 0 Å². The number of carbonyl (C=O) groups excluding carboxylic acids is 2. The van der Waals surface area contributed by atoms with Crippen LogP contribution in [0.5, 0.6) is 5.75 Å². The van der Waals surface area contributed by atoms with Gasteiger partial charge in [-0.2, -0.15) is 0 Å². The number of ketones is 1. The molecule has 0 fully saturated rings. The van der Waals surface area contributed by atoms with Gasteiger partial charge in [-0.3, -0.25) is 4.79 Å². The molecule has 2 N–H and O–H groups in total. The van der Waals surface area contributed by atoms with Gasteiger partial charge in [0.1, 0.15) is 16.9 Å². The van der Waals surface area contributed by atoms with Gasteiger partial charge in [-0.15, -0.1) is 11.3 Å². The third-order valence-electron chi connectivity index (χ3n) is 11.9. The number of amides is 1. The summed E-state index contributed by atoms with van der Waals surface area (Å²) in [5.41, 5.74) is 5.82. The Balaban J connectivity index is 2.12. The lowest BCUT2D eigenvalue weighted by atomic mass is 9.93. The number of nitrogens with one attached hydrogen (secondary N) is 1.